The number of nitrogen functional groups attached to an aromatic ring is 1. The summed E-state index contributed by atoms with van der Waals surface area (Å²) in [6, 6.07) is 2.16. The third kappa shape index (κ3) is 3.42. The molecule has 2 aromatic rings. The molecule has 0 bridgehead atoms. The van der Waals surface area contributed by atoms with Crippen LogP contribution in [-0.2, 0) is 16.6 Å². The molecule has 114 valence electrons. The summed E-state index contributed by atoms with van der Waals surface area (Å²) in [5.41, 5.74) is 5.80. The highest BCUT2D eigenvalue weighted by Gasteiger charge is 2.26. The van der Waals surface area contributed by atoms with E-state index in [1.54, 1.807) is 6.20 Å². The molecule has 21 heavy (non-hydrogen) atoms. The van der Waals surface area contributed by atoms with Crippen molar-refractivity contribution in [3.8, 4) is 0 Å². The van der Waals surface area contributed by atoms with Gasteiger partial charge in [0.25, 0.3) is 0 Å². The monoisotopic (exact) mass is 393 g/mol. The van der Waals surface area contributed by atoms with Gasteiger partial charge in [0.1, 0.15) is 10.7 Å². The van der Waals surface area contributed by atoms with E-state index < -0.39 is 20.7 Å². The van der Waals surface area contributed by atoms with Crippen molar-refractivity contribution >= 4 is 43.0 Å². The summed E-state index contributed by atoms with van der Waals surface area (Å²) < 4.78 is 40.2. The molecule has 0 aliphatic carbocycles. The van der Waals surface area contributed by atoms with Gasteiger partial charge in [-0.2, -0.15) is 4.31 Å². The van der Waals surface area contributed by atoms with Crippen LogP contribution < -0.4 is 5.73 Å². The van der Waals surface area contributed by atoms with Crippen LogP contribution in [-0.4, -0.2) is 24.8 Å². The molecular weight excluding hydrogens is 381 g/mol. The van der Waals surface area contributed by atoms with Crippen molar-refractivity contribution in [1.82, 2.24) is 9.29 Å². The molecule has 1 heterocycles. The van der Waals surface area contributed by atoms with E-state index in [0.29, 0.717) is 4.47 Å². The SMILES string of the molecule is Cc1ncc(CN(C)S(=O)(=O)c2cc(N)c(Br)cc2F)s1. The minimum absolute atomic E-state index is 0.128. The summed E-state index contributed by atoms with van der Waals surface area (Å²) in [5, 5.41) is 0.842. The Morgan fingerprint density at radius 1 is 1.48 bits per heavy atom. The van der Waals surface area contributed by atoms with Gasteiger partial charge in [0.05, 0.1) is 5.01 Å². The second-order valence-electron chi connectivity index (χ2n) is 4.41. The number of anilines is 1. The van der Waals surface area contributed by atoms with E-state index in [2.05, 4.69) is 20.9 Å². The van der Waals surface area contributed by atoms with Crippen LogP contribution in [0.4, 0.5) is 10.1 Å². The average molecular weight is 394 g/mol. The van der Waals surface area contributed by atoms with Gasteiger partial charge >= 0.3 is 0 Å². The minimum Gasteiger partial charge on any atom is -0.398 e. The zero-order valence-electron chi connectivity index (χ0n) is 11.3. The van der Waals surface area contributed by atoms with Crippen molar-refractivity contribution < 1.29 is 12.8 Å². The van der Waals surface area contributed by atoms with Crippen molar-refractivity contribution in [2.24, 2.45) is 0 Å². The van der Waals surface area contributed by atoms with Gasteiger partial charge in [-0.15, -0.1) is 11.3 Å². The third-order valence-electron chi connectivity index (χ3n) is 2.79. The lowest BCUT2D eigenvalue weighted by molar-refractivity contribution is 0.462. The fourth-order valence-corrected chi connectivity index (χ4v) is 4.16. The highest BCUT2D eigenvalue weighted by molar-refractivity contribution is 9.10. The van der Waals surface area contributed by atoms with Crippen LogP contribution in [0, 0.1) is 12.7 Å². The first-order valence-corrected chi connectivity index (χ1v) is 8.89. The van der Waals surface area contributed by atoms with Crippen LogP contribution in [0.25, 0.3) is 0 Å². The molecule has 5 nitrogen and oxygen atoms in total. The molecular formula is C12H13BrFN3O2S2. The topological polar surface area (TPSA) is 76.3 Å². The van der Waals surface area contributed by atoms with E-state index in [-0.39, 0.29) is 12.2 Å². The number of nitrogens with two attached hydrogens (primary N) is 1. The summed E-state index contributed by atoms with van der Waals surface area (Å²) in [4.78, 5) is 4.41. The van der Waals surface area contributed by atoms with Crippen LogP contribution in [0.5, 0.6) is 0 Å². The van der Waals surface area contributed by atoms with Crippen LogP contribution in [0.3, 0.4) is 0 Å². The number of thiazole rings is 1. The Morgan fingerprint density at radius 3 is 2.71 bits per heavy atom. The maximum atomic E-state index is 13.9. The first kappa shape index (κ1) is 16.3. The van der Waals surface area contributed by atoms with Gasteiger partial charge in [0.2, 0.25) is 10.0 Å². The number of aromatic nitrogens is 1. The van der Waals surface area contributed by atoms with Crippen molar-refractivity contribution in [2.75, 3.05) is 12.8 Å². The lowest BCUT2D eigenvalue weighted by Crippen LogP contribution is -2.27. The van der Waals surface area contributed by atoms with Gasteiger partial charge in [-0.25, -0.2) is 17.8 Å². The van der Waals surface area contributed by atoms with E-state index in [9.17, 15) is 12.8 Å². The summed E-state index contributed by atoms with van der Waals surface area (Å²) in [6.45, 7) is 1.96. The number of halogens is 2. The van der Waals surface area contributed by atoms with Crippen molar-refractivity contribution in [3.63, 3.8) is 0 Å². The molecule has 0 fully saturated rings. The largest absolute Gasteiger partial charge is 0.398 e. The van der Waals surface area contributed by atoms with Gasteiger partial charge in [0.15, 0.2) is 0 Å². The molecule has 0 radical (unpaired) electrons. The molecule has 0 unspecified atom stereocenters. The fourth-order valence-electron chi connectivity index (χ4n) is 1.69. The Bertz CT molecular complexity index is 777. The minimum atomic E-state index is -3.96. The Hall–Kier alpha value is -1.03. The molecule has 0 atom stereocenters. The standard InChI is InChI=1S/C12H13BrFN3O2S2/c1-7-16-5-8(20-7)6-17(2)21(18,19)12-4-11(15)9(13)3-10(12)14/h3-5H,6,15H2,1-2H3. The molecule has 2 rings (SSSR count). The smallest absolute Gasteiger partial charge is 0.246 e. The number of nitrogens with zero attached hydrogens (tertiary/aromatic N) is 2. The van der Waals surface area contributed by atoms with E-state index in [0.717, 1.165) is 26.3 Å². The van der Waals surface area contributed by atoms with E-state index in [1.165, 1.54) is 18.4 Å². The third-order valence-corrected chi connectivity index (χ3v) is 6.19. The van der Waals surface area contributed by atoms with Gasteiger partial charge < -0.3 is 5.73 Å². The van der Waals surface area contributed by atoms with Crippen molar-refractivity contribution in [2.45, 2.75) is 18.4 Å². The second kappa shape index (κ2) is 5.99. The first-order valence-electron chi connectivity index (χ1n) is 5.84. The predicted octanol–water partition coefficient (Wildman–Crippen LogP) is 2.76. The Balaban J connectivity index is 2.35. The lowest BCUT2D eigenvalue weighted by atomic mass is 10.3. The fraction of sp³-hybridized carbons (Fsp3) is 0.250. The maximum absolute atomic E-state index is 13.9. The quantitative estimate of drug-likeness (QED) is 0.810. The highest BCUT2D eigenvalue weighted by Crippen LogP contribution is 2.28. The summed E-state index contributed by atoms with van der Waals surface area (Å²) >= 11 is 4.45. The number of hydrogen-bond donors (Lipinski definition) is 1. The predicted molar refractivity (Wildman–Crippen MR) is 84.0 cm³/mol. The van der Waals surface area contributed by atoms with Crippen LogP contribution >= 0.6 is 27.3 Å². The number of aryl methyl sites for hydroxylation is 1. The molecule has 9 heteroatoms. The van der Waals surface area contributed by atoms with Crippen LogP contribution in [0.15, 0.2) is 27.7 Å². The Labute approximate surface area is 134 Å². The molecule has 0 aliphatic rings. The number of benzene rings is 1. The number of rotatable bonds is 4. The van der Waals surface area contributed by atoms with E-state index in [4.69, 9.17) is 5.73 Å². The van der Waals surface area contributed by atoms with Crippen LogP contribution in [0.2, 0.25) is 0 Å². The summed E-state index contributed by atoms with van der Waals surface area (Å²) in [6.07, 6.45) is 1.61. The van der Waals surface area contributed by atoms with E-state index >= 15 is 0 Å². The van der Waals surface area contributed by atoms with Gasteiger partial charge in [-0.1, -0.05) is 0 Å². The number of hydrogen-bond acceptors (Lipinski definition) is 5. The Kier molecular flexibility index (Phi) is 4.66. The average Bonchev–Trinajstić information content (AvgIpc) is 2.79. The summed E-state index contributed by atoms with van der Waals surface area (Å²) in [7, 11) is -2.57. The molecule has 0 aliphatic heterocycles. The molecule has 1 aromatic heterocycles. The molecule has 0 spiro atoms. The van der Waals surface area contributed by atoms with Gasteiger partial charge in [0, 0.05) is 34.8 Å². The molecule has 0 saturated carbocycles. The number of sulfonamides is 1. The van der Waals surface area contributed by atoms with Gasteiger partial charge in [-0.3, -0.25) is 0 Å². The lowest BCUT2D eigenvalue weighted by Gasteiger charge is -2.17. The first-order chi connectivity index (χ1) is 9.71. The van der Waals surface area contributed by atoms with Crippen LogP contribution in [0.1, 0.15) is 9.88 Å². The molecule has 2 N–H and O–H groups in total. The highest BCUT2D eigenvalue weighted by atomic mass is 79.9. The Morgan fingerprint density at radius 2 is 2.14 bits per heavy atom. The molecule has 0 saturated heterocycles. The van der Waals surface area contributed by atoms with E-state index in [1.807, 2.05) is 6.92 Å². The van der Waals surface area contributed by atoms with Crippen molar-refractivity contribution in [3.05, 3.63) is 38.5 Å². The molecule has 1 aromatic carbocycles. The van der Waals surface area contributed by atoms with Gasteiger partial charge in [-0.05, 0) is 35.0 Å². The normalized spacial score (nSPS) is 12.0. The zero-order chi connectivity index (χ0) is 15.8. The van der Waals surface area contributed by atoms with Crippen molar-refractivity contribution in [1.29, 1.82) is 0 Å². The second-order valence-corrected chi connectivity index (χ2v) is 8.60. The zero-order valence-corrected chi connectivity index (χ0v) is 14.5. The molecule has 0 amide bonds. The summed E-state index contributed by atoms with van der Waals surface area (Å²) in [5.74, 6) is -0.844. The maximum Gasteiger partial charge on any atom is 0.246 e.